The average Bonchev–Trinajstić information content (AvgIpc) is 2.61. The van der Waals surface area contributed by atoms with Gasteiger partial charge in [-0.15, -0.1) is 11.3 Å². The number of hydrogen-bond acceptors (Lipinski definition) is 4. The Kier molecular flexibility index (Phi) is 7.16. The number of thioether (sulfide) groups is 1. The third-order valence-electron chi connectivity index (χ3n) is 2.34. The lowest BCUT2D eigenvalue weighted by Crippen LogP contribution is -2.07. The van der Waals surface area contributed by atoms with Gasteiger partial charge in [-0.25, -0.2) is 4.98 Å². The van der Waals surface area contributed by atoms with Gasteiger partial charge in [0.2, 0.25) is 0 Å². The smallest absolute Gasteiger partial charge is 0.103 e. The van der Waals surface area contributed by atoms with Crippen molar-refractivity contribution in [1.82, 2.24) is 10.3 Å². The summed E-state index contributed by atoms with van der Waals surface area (Å²) in [6, 6.07) is 0. The van der Waals surface area contributed by atoms with Crippen LogP contribution < -0.4 is 5.32 Å². The van der Waals surface area contributed by atoms with E-state index in [0.29, 0.717) is 5.92 Å². The highest BCUT2D eigenvalue weighted by Gasteiger charge is 2.11. The summed E-state index contributed by atoms with van der Waals surface area (Å²) in [5.41, 5.74) is 1.31. The minimum atomic E-state index is 0.684. The second kappa shape index (κ2) is 8.11. The molecular formula is C13H24N2S2. The molecule has 98 valence electrons. The summed E-state index contributed by atoms with van der Waals surface area (Å²) in [5.74, 6) is 3.00. The zero-order chi connectivity index (χ0) is 12.7. The van der Waals surface area contributed by atoms with Gasteiger partial charge in [0.15, 0.2) is 0 Å². The lowest BCUT2D eigenvalue weighted by molar-refractivity contribution is 0.630. The maximum atomic E-state index is 4.80. The van der Waals surface area contributed by atoms with E-state index >= 15 is 0 Å². The van der Waals surface area contributed by atoms with Gasteiger partial charge in [0.1, 0.15) is 5.01 Å². The fraction of sp³-hybridized carbons (Fsp3) is 0.769. The Balaban J connectivity index is 2.65. The molecule has 0 aromatic carbocycles. The Bertz CT molecular complexity index is 321. The number of rotatable bonds is 8. The van der Waals surface area contributed by atoms with Crippen molar-refractivity contribution in [2.24, 2.45) is 5.92 Å². The molecule has 1 aromatic rings. The van der Waals surface area contributed by atoms with E-state index in [-0.39, 0.29) is 0 Å². The molecule has 2 nitrogen and oxygen atoms in total. The fourth-order valence-electron chi connectivity index (χ4n) is 1.65. The fourth-order valence-corrected chi connectivity index (χ4v) is 3.71. The molecule has 0 aliphatic carbocycles. The van der Waals surface area contributed by atoms with Crippen molar-refractivity contribution < 1.29 is 0 Å². The van der Waals surface area contributed by atoms with E-state index in [1.165, 1.54) is 27.8 Å². The molecular weight excluding hydrogens is 248 g/mol. The summed E-state index contributed by atoms with van der Waals surface area (Å²) in [5, 5.41) is 4.54. The third-order valence-corrected chi connectivity index (χ3v) is 4.79. The first kappa shape index (κ1) is 15.0. The van der Waals surface area contributed by atoms with E-state index in [2.05, 4.69) is 26.1 Å². The van der Waals surface area contributed by atoms with Crippen molar-refractivity contribution in [3.05, 3.63) is 15.6 Å². The standard InChI is InChI=1S/C13H24N2S2/c1-5-6-16-9-13-15-11(7-10(2)3)12(17-13)8-14-4/h10,14H,5-9H2,1-4H3. The first-order chi connectivity index (χ1) is 8.17. The molecule has 1 N–H and O–H groups in total. The maximum Gasteiger partial charge on any atom is 0.103 e. The van der Waals surface area contributed by atoms with Crippen LogP contribution in [0.3, 0.4) is 0 Å². The molecule has 0 saturated carbocycles. The summed E-state index contributed by atoms with van der Waals surface area (Å²) in [6.45, 7) is 7.70. The van der Waals surface area contributed by atoms with Gasteiger partial charge in [0.25, 0.3) is 0 Å². The van der Waals surface area contributed by atoms with Gasteiger partial charge >= 0.3 is 0 Å². The molecule has 0 aliphatic heterocycles. The molecule has 1 rings (SSSR count). The number of nitrogens with zero attached hydrogens (tertiary/aromatic N) is 1. The minimum absolute atomic E-state index is 0.684. The van der Waals surface area contributed by atoms with Gasteiger partial charge in [-0.1, -0.05) is 20.8 Å². The summed E-state index contributed by atoms with van der Waals surface area (Å²) >= 11 is 3.87. The van der Waals surface area contributed by atoms with Crippen LogP contribution in [0.2, 0.25) is 0 Å². The SMILES string of the molecule is CCCSCc1nc(CC(C)C)c(CNC)s1. The van der Waals surface area contributed by atoms with E-state index < -0.39 is 0 Å². The van der Waals surface area contributed by atoms with Gasteiger partial charge in [0, 0.05) is 17.2 Å². The van der Waals surface area contributed by atoms with Gasteiger partial charge in [-0.05, 0) is 31.6 Å². The predicted molar refractivity (Wildman–Crippen MR) is 79.9 cm³/mol. The highest BCUT2D eigenvalue weighted by molar-refractivity contribution is 7.98. The molecule has 1 aromatic heterocycles. The van der Waals surface area contributed by atoms with E-state index in [0.717, 1.165) is 18.7 Å². The van der Waals surface area contributed by atoms with Crippen LogP contribution in [0.15, 0.2) is 0 Å². The molecule has 0 saturated heterocycles. The zero-order valence-corrected chi connectivity index (χ0v) is 13.0. The zero-order valence-electron chi connectivity index (χ0n) is 11.4. The van der Waals surface area contributed by atoms with Crippen LogP contribution in [0.4, 0.5) is 0 Å². The average molecular weight is 272 g/mol. The Morgan fingerprint density at radius 3 is 2.76 bits per heavy atom. The van der Waals surface area contributed by atoms with Gasteiger partial charge in [0.05, 0.1) is 5.69 Å². The third kappa shape index (κ3) is 5.40. The second-order valence-corrected chi connectivity index (χ2v) is 6.93. The molecule has 4 heteroatoms. The van der Waals surface area contributed by atoms with Gasteiger partial charge in [-0.2, -0.15) is 11.8 Å². The molecule has 0 aliphatic rings. The molecule has 0 fully saturated rings. The van der Waals surface area contributed by atoms with Crippen LogP contribution in [0.5, 0.6) is 0 Å². The largest absolute Gasteiger partial charge is 0.315 e. The lowest BCUT2D eigenvalue weighted by atomic mass is 10.1. The molecule has 0 spiro atoms. The first-order valence-electron chi connectivity index (χ1n) is 6.37. The van der Waals surface area contributed by atoms with Crippen LogP contribution in [0, 0.1) is 5.92 Å². The summed E-state index contributed by atoms with van der Waals surface area (Å²) in [4.78, 5) is 6.22. The van der Waals surface area contributed by atoms with Gasteiger partial charge < -0.3 is 5.32 Å². The summed E-state index contributed by atoms with van der Waals surface area (Å²) in [7, 11) is 2.00. The lowest BCUT2D eigenvalue weighted by Gasteiger charge is -2.03. The molecule has 0 bridgehead atoms. The predicted octanol–water partition coefficient (Wildman–Crippen LogP) is 3.70. The Labute approximate surface area is 114 Å². The summed E-state index contributed by atoms with van der Waals surface area (Å²) in [6.07, 6.45) is 2.35. The van der Waals surface area contributed by atoms with Crippen molar-refractivity contribution in [2.45, 2.75) is 45.9 Å². The van der Waals surface area contributed by atoms with Crippen molar-refractivity contribution in [1.29, 1.82) is 0 Å². The van der Waals surface area contributed by atoms with E-state index in [9.17, 15) is 0 Å². The molecule has 17 heavy (non-hydrogen) atoms. The minimum Gasteiger partial charge on any atom is -0.315 e. The topological polar surface area (TPSA) is 24.9 Å². The first-order valence-corrected chi connectivity index (χ1v) is 8.34. The maximum absolute atomic E-state index is 4.80. The number of nitrogens with one attached hydrogen (secondary N) is 1. The van der Waals surface area contributed by atoms with Crippen molar-refractivity contribution in [3.8, 4) is 0 Å². The number of aromatic nitrogens is 1. The van der Waals surface area contributed by atoms with Crippen molar-refractivity contribution in [3.63, 3.8) is 0 Å². The molecule has 0 amide bonds. The van der Waals surface area contributed by atoms with E-state index in [1.807, 2.05) is 30.1 Å². The Hall–Kier alpha value is -0.0600. The monoisotopic (exact) mass is 272 g/mol. The van der Waals surface area contributed by atoms with Crippen LogP contribution >= 0.6 is 23.1 Å². The van der Waals surface area contributed by atoms with Crippen LogP contribution in [-0.4, -0.2) is 17.8 Å². The summed E-state index contributed by atoms with van der Waals surface area (Å²) < 4.78 is 0. The van der Waals surface area contributed by atoms with E-state index in [4.69, 9.17) is 4.98 Å². The molecule has 0 atom stereocenters. The van der Waals surface area contributed by atoms with Crippen LogP contribution in [0.1, 0.15) is 42.8 Å². The highest BCUT2D eigenvalue weighted by Crippen LogP contribution is 2.24. The quantitative estimate of drug-likeness (QED) is 0.730. The molecule has 0 radical (unpaired) electrons. The van der Waals surface area contributed by atoms with Crippen molar-refractivity contribution >= 4 is 23.1 Å². The molecule has 0 unspecified atom stereocenters. The normalized spacial score (nSPS) is 11.4. The van der Waals surface area contributed by atoms with E-state index in [1.54, 1.807) is 0 Å². The number of hydrogen-bond donors (Lipinski definition) is 1. The Morgan fingerprint density at radius 1 is 1.41 bits per heavy atom. The van der Waals surface area contributed by atoms with Crippen LogP contribution in [0.25, 0.3) is 0 Å². The van der Waals surface area contributed by atoms with Gasteiger partial charge in [-0.3, -0.25) is 0 Å². The Morgan fingerprint density at radius 2 is 2.18 bits per heavy atom. The highest BCUT2D eigenvalue weighted by atomic mass is 32.2. The number of thiazole rings is 1. The molecule has 1 heterocycles. The van der Waals surface area contributed by atoms with Crippen molar-refractivity contribution in [2.75, 3.05) is 12.8 Å². The second-order valence-electron chi connectivity index (χ2n) is 4.66. The van der Waals surface area contributed by atoms with Crippen LogP contribution in [-0.2, 0) is 18.7 Å².